The minimum absolute atomic E-state index is 0.0852. The Labute approximate surface area is 155 Å². The van der Waals surface area contributed by atoms with E-state index in [1.54, 1.807) is 6.07 Å². The van der Waals surface area contributed by atoms with Gasteiger partial charge in [-0.05, 0) is 44.9 Å². The van der Waals surface area contributed by atoms with Crippen molar-refractivity contribution < 1.29 is 4.79 Å². The molecule has 0 radical (unpaired) electrons. The molecule has 0 bridgehead atoms. The van der Waals surface area contributed by atoms with Gasteiger partial charge in [-0.25, -0.2) is 9.97 Å². The van der Waals surface area contributed by atoms with Gasteiger partial charge in [0.2, 0.25) is 0 Å². The maximum atomic E-state index is 12.2. The monoisotopic (exact) mass is 353 g/mol. The Hall–Kier alpha value is -2.63. The van der Waals surface area contributed by atoms with Crippen molar-refractivity contribution in [2.75, 3.05) is 36.0 Å². The van der Waals surface area contributed by atoms with E-state index in [2.05, 4.69) is 57.1 Å². The zero-order valence-corrected chi connectivity index (χ0v) is 16.0. The number of aromatic nitrogens is 2. The maximum absolute atomic E-state index is 12.2. The van der Waals surface area contributed by atoms with Crippen molar-refractivity contribution in [2.24, 2.45) is 0 Å². The number of hydrogen-bond donors (Lipinski definition) is 1. The lowest BCUT2D eigenvalue weighted by atomic mass is 10.1. The highest BCUT2D eigenvalue weighted by Crippen LogP contribution is 2.25. The van der Waals surface area contributed by atoms with Gasteiger partial charge in [-0.3, -0.25) is 4.79 Å². The van der Waals surface area contributed by atoms with Crippen LogP contribution in [0.4, 0.5) is 11.5 Å². The van der Waals surface area contributed by atoms with E-state index in [9.17, 15) is 4.79 Å². The van der Waals surface area contributed by atoms with Gasteiger partial charge < -0.3 is 15.1 Å². The molecule has 6 heteroatoms. The first-order chi connectivity index (χ1) is 12.5. The van der Waals surface area contributed by atoms with Crippen LogP contribution < -0.4 is 15.1 Å². The summed E-state index contributed by atoms with van der Waals surface area (Å²) in [4.78, 5) is 25.3. The van der Waals surface area contributed by atoms with E-state index in [-0.39, 0.29) is 11.9 Å². The quantitative estimate of drug-likeness (QED) is 0.915. The summed E-state index contributed by atoms with van der Waals surface area (Å²) < 4.78 is 0. The second-order valence-electron chi connectivity index (χ2n) is 7.08. The molecule has 0 spiro atoms. The van der Waals surface area contributed by atoms with Crippen LogP contribution >= 0.6 is 0 Å². The zero-order chi connectivity index (χ0) is 18.7. The van der Waals surface area contributed by atoms with Gasteiger partial charge in [-0.15, -0.1) is 0 Å². The molecule has 3 rings (SSSR count). The number of benzene rings is 1. The SMILES string of the molecule is Cc1cccc(N2CCN(c3cc(C(=O)NC(C)C)ncn3)CC2)c1C. The highest BCUT2D eigenvalue weighted by Gasteiger charge is 2.21. The Bertz CT molecular complexity index is 782. The normalized spacial score (nSPS) is 14.7. The van der Waals surface area contributed by atoms with E-state index in [0.29, 0.717) is 5.69 Å². The molecule has 0 unspecified atom stereocenters. The molecular weight excluding hydrogens is 326 g/mol. The van der Waals surface area contributed by atoms with Crippen molar-refractivity contribution >= 4 is 17.4 Å². The average molecular weight is 353 g/mol. The van der Waals surface area contributed by atoms with E-state index in [0.717, 1.165) is 32.0 Å². The van der Waals surface area contributed by atoms with Crippen molar-refractivity contribution in [3.63, 3.8) is 0 Å². The van der Waals surface area contributed by atoms with E-state index < -0.39 is 0 Å². The molecule has 1 aromatic carbocycles. The topological polar surface area (TPSA) is 61.4 Å². The minimum Gasteiger partial charge on any atom is -0.368 e. The Kier molecular flexibility index (Phi) is 5.40. The van der Waals surface area contributed by atoms with Crippen LogP contribution in [0.2, 0.25) is 0 Å². The van der Waals surface area contributed by atoms with Gasteiger partial charge in [0.05, 0.1) is 0 Å². The molecule has 1 amide bonds. The summed E-state index contributed by atoms with van der Waals surface area (Å²) in [6.07, 6.45) is 1.47. The summed E-state index contributed by atoms with van der Waals surface area (Å²) in [6, 6.07) is 8.33. The molecule has 2 aromatic rings. The number of piperazine rings is 1. The number of carbonyl (C=O) groups is 1. The number of nitrogens with zero attached hydrogens (tertiary/aromatic N) is 4. The lowest BCUT2D eigenvalue weighted by Crippen LogP contribution is -2.47. The van der Waals surface area contributed by atoms with Gasteiger partial charge in [0.15, 0.2) is 0 Å². The predicted molar refractivity (Wildman–Crippen MR) is 105 cm³/mol. The van der Waals surface area contributed by atoms with Gasteiger partial charge in [0.1, 0.15) is 17.8 Å². The molecule has 2 heterocycles. The van der Waals surface area contributed by atoms with Crippen molar-refractivity contribution in [1.82, 2.24) is 15.3 Å². The Morgan fingerprint density at radius 1 is 1.08 bits per heavy atom. The highest BCUT2D eigenvalue weighted by molar-refractivity contribution is 5.93. The largest absolute Gasteiger partial charge is 0.368 e. The number of hydrogen-bond acceptors (Lipinski definition) is 5. The number of rotatable bonds is 4. The first-order valence-electron chi connectivity index (χ1n) is 9.14. The molecule has 1 aliphatic rings. The zero-order valence-electron chi connectivity index (χ0n) is 16.0. The highest BCUT2D eigenvalue weighted by atomic mass is 16.1. The summed E-state index contributed by atoms with van der Waals surface area (Å²) >= 11 is 0. The Morgan fingerprint density at radius 3 is 2.46 bits per heavy atom. The van der Waals surface area contributed by atoms with Gasteiger partial charge in [-0.2, -0.15) is 0 Å². The predicted octanol–water partition coefficient (Wildman–Crippen LogP) is 2.56. The summed E-state index contributed by atoms with van der Waals surface area (Å²) in [5.74, 6) is 0.659. The Balaban J connectivity index is 1.68. The van der Waals surface area contributed by atoms with Crippen LogP contribution in [0.15, 0.2) is 30.6 Å². The fourth-order valence-corrected chi connectivity index (χ4v) is 3.23. The fourth-order valence-electron chi connectivity index (χ4n) is 3.23. The van der Waals surface area contributed by atoms with Crippen LogP contribution in [0, 0.1) is 13.8 Å². The summed E-state index contributed by atoms with van der Waals surface area (Å²) in [7, 11) is 0. The van der Waals surface area contributed by atoms with E-state index in [1.807, 2.05) is 13.8 Å². The molecule has 0 saturated carbocycles. The van der Waals surface area contributed by atoms with E-state index in [4.69, 9.17) is 0 Å². The summed E-state index contributed by atoms with van der Waals surface area (Å²) in [5, 5.41) is 2.87. The molecule has 1 fully saturated rings. The number of nitrogens with one attached hydrogen (secondary N) is 1. The van der Waals surface area contributed by atoms with Crippen molar-refractivity contribution in [3.05, 3.63) is 47.4 Å². The van der Waals surface area contributed by atoms with Gasteiger partial charge in [-0.1, -0.05) is 12.1 Å². The van der Waals surface area contributed by atoms with Crippen LogP contribution in [0.5, 0.6) is 0 Å². The second kappa shape index (κ2) is 7.72. The smallest absolute Gasteiger partial charge is 0.270 e. The standard InChI is InChI=1S/C20H27N5O/c1-14(2)23-20(26)17-12-19(22-13-21-17)25-10-8-24(9-11-25)18-7-5-6-15(3)16(18)4/h5-7,12-14H,8-11H2,1-4H3,(H,23,26). The van der Waals surface area contributed by atoms with Crippen LogP contribution in [-0.4, -0.2) is 48.1 Å². The third kappa shape index (κ3) is 3.95. The summed E-state index contributed by atoms with van der Waals surface area (Å²) in [5.41, 5.74) is 4.39. The fraction of sp³-hybridized carbons (Fsp3) is 0.450. The van der Waals surface area contributed by atoms with Crippen LogP contribution in [0.3, 0.4) is 0 Å². The average Bonchev–Trinajstić information content (AvgIpc) is 2.64. The molecule has 1 saturated heterocycles. The Morgan fingerprint density at radius 2 is 1.77 bits per heavy atom. The molecule has 1 aliphatic heterocycles. The molecule has 0 aliphatic carbocycles. The molecule has 1 N–H and O–H groups in total. The van der Waals surface area contributed by atoms with Gasteiger partial charge >= 0.3 is 0 Å². The summed E-state index contributed by atoms with van der Waals surface area (Å²) in [6.45, 7) is 11.8. The lowest BCUT2D eigenvalue weighted by Gasteiger charge is -2.37. The molecule has 0 atom stereocenters. The van der Waals surface area contributed by atoms with Crippen molar-refractivity contribution in [3.8, 4) is 0 Å². The second-order valence-corrected chi connectivity index (χ2v) is 7.08. The molecule has 6 nitrogen and oxygen atoms in total. The molecular formula is C20H27N5O. The first-order valence-corrected chi connectivity index (χ1v) is 9.14. The van der Waals surface area contributed by atoms with Gasteiger partial charge in [0, 0.05) is 44.0 Å². The third-order valence-corrected chi connectivity index (χ3v) is 4.83. The lowest BCUT2D eigenvalue weighted by molar-refractivity contribution is 0.0938. The van der Waals surface area contributed by atoms with E-state index >= 15 is 0 Å². The van der Waals surface area contributed by atoms with Crippen molar-refractivity contribution in [1.29, 1.82) is 0 Å². The van der Waals surface area contributed by atoms with Gasteiger partial charge in [0.25, 0.3) is 5.91 Å². The molecule has 26 heavy (non-hydrogen) atoms. The number of aryl methyl sites for hydroxylation is 1. The number of carbonyl (C=O) groups excluding carboxylic acids is 1. The van der Waals surface area contributed by atoms with Crippen LogP contribution in [0.1, 0.15) is 35.5 Å². The third-order valence-electron chi connectivity index (χ3n) is 4.83. The van der Waals surface area contributed by atoms with Crippen LogP contribution in [-0.2, 0) is 0 Å². The minimum atomic E-state index is -0.155. The van der Waals surface area contributed by atoms with Crippen molar-refractivity contribution in [2.45, 2.75) is 33.7 Å². The number of amides is 1. The maximum Gasteiger partial charge on any atom is 0.270 e. The molecule has 1 aromatic heterocycles. The number of anilines is 2. The van der Waals surface area contributed by atoms with E-state index in [1.165, 1.54) is 23.1 Å². The van der Waals surface area contributed by atoms with Crippen LogP contribution in [0.25, 0.3) is 0 Å². The first kappa shape index (κ1) is 18.2. The molecule has 138 valence electrons.